The van der Waals surface area contributed by atoms with E-state index in [1.165, 1.54) is 11.1 Å². The van der Waals surface area contributed by atoms with E-state index in [9.17, 15) is 5.11 Å². The molecule has 0 spiro atoms. The first kappa shape index (κ1) is 45.7. The zero-order valence-electron chi connectivity index (χ0n) is 43.5. The zero-order valence-corrected chi connectivity index (χ0v) is 42.5. The van der Waals surface area contributed by atoms with Gasteiger partial charge in [-0.25, -0.2) is 4.98 Å². The molecule has 0 fully saturated rings. The van der Waals surface area contributed by atoms with E-state index >= 15 is 0 Å². The van der Waals surface area contributed by atoms with E-state index in [2.05, 4.69) is 232 Å². The molecule has 2 heterocycles. The van der Waals surface area contributed by atoms with Gasteiger partial charge in [-0.3, -0.25) is 9.55 Å². The number of pyridine rings is 1. The first-order valence-corrected chi connectivity index (χ1v) is 24.6. The Morgan fingerprint density at radius 1 is 0.493 bits per heavy atom. The molecule has 0 saturated carbocycles. The highest BCUT2D eigenvalue weighted by molar-refractivity contribution is 5.98. The Morgan fingerprint density at radius 3 is 1.78 bits per heavy atom. The fourth-order valence-corrected chi connectivity index (χ4v) is 9.45. The molecule has 0 aliphatic carbocycles. The third kappa shape index (κ3) is 9.42. The maximum absolute atomic E-state index is 12.5. The minimum absolute atomic E-state index is 0.0118. The van der Waals surface area contributed by atoms with Crippen LogP contribution in [0, 0.1) is 0 Å². The number of hydrogen-bond acceptors (Lipinski definition) is 3. The lowest BCUT2D eigenvalue weighted by Gasteiger charge is -2.24. The quantitative estimate of drug-likeness (QED) is 0.149. The lowest BCUT2D eigenvalue weighted by Crippen LogP contribution is -2.13. The van der Waals surface area contributed by atoms with Crippen LogP contribution in [0.4, 0.5) is 0 Å². The van der Waals surface area contributed by atoms with Crippen LogP contribution in [0.3, 0.4) is 0 Å². The summed E-state index contributed by atoms with van der Waals surface area (Å²) in [5.74, 6) is 0.595. The summed E-state index contributed by atoms with van der Waals surface area (Å²) in [4.78, 5) is 10.7. The lowest BCUT2D eigenvalue weighted by atomic mass is 9.84. The molecule has 348 valence electrons. The summed E-state index contributed by atoms with van der Waals surface area (Å²) in [6.07, 6.45) is 1.89. The first-order chi connectivity index (χ1) is 33.2. The van der Waals surface area contributed by atoms with Gasteiger partial charge in [0, 0.05) is 24.3 Å². The molecule has 0 aliphatic heterocycles. The molecule has 0 saturated heterocycles. The van der Waals surface area contributed by atoms with E-state index in [1.54, 1.807) is 0 Å². The Labute approximate surface area is 412 Å². The van der Waals surface area contributed by atoms with Gasteiger partial charge < -0.3 is 5.11 Å². The summed E-state index contributed by atoms with van der Waals surface area (Å²) >= 11 is 0. The number of nitrogens with zero attached hydrogens (tertiary/aromatic N) is 3. The second-order valence-corrected chi connectivity index (χ2v) is 21.7. The summed E-state index contributed by atoms with van der Waals surface area (Å²) in [6.45, 7) is 26.1. The Kier molecular flexibility index (Phi) is 12.2. The smallest absolute Gasteiger partial charge is 0.149 e. The van der Waals surface area contributed by atoms with Crippen LogP contribution in [0.1, 0.15) is 130 Å². The number of aromatic hydroxyl groups is 1. The Balaban J connectivity index is 1.33. The second kappa shape index (κ2) is 18.5. The summed E-state index contributed by atoms with van der Waals surface area (Å²) in [7, 11) is 0. The molecule has 2 aromatic heterocycles. The van der Waals surface area contributed by atoms with Gasteiger partial charge in [-0.15, -0.1) is 0 Å². The molecule has 0 radical (unpaired) electrons. The summed E-state index contributed by atoms with van der Waals surface area (Å²) in [5, 5.41) is 12.5. The molecule has 1 N–H and O–H groups in total. The number of para-hydroxylation sites is 1. The lowest BCUT2D eigenvalue weighted by molar-refractivity contribution is 0.466. The van der Waals surface area contributed by atoms with Crippen LogP contribution in [0.2, 0.25) is 0 Å². The topological polar surface area (TPSA) is 50.9 Å². The van der Waals surface area contributed by atoms with Gasteiger partial charge in [0.25, 0.3) is 0 Å². The highest BCUT2D eigenvalue weighted by Crippen LogP contribution is 2.45. The normalized spacial score (nSPS) is 12.6. The van der Waals surface area contributed by atoms with Crippen LogP contribution in [-0.4, -0.2) is 19.6 Å². The van der Waals surface area contributed by atoms with E-state index in [0.717, 1.165) is 89.2 Å². The van der Waals surface area contributed by atoms with Gasteiger partial charge in [-0.1, -0.05) is 192 Å². The molecule has 69 heavy (non-hydrogen) atoms. The molecule has 9 aromatic rings. The van der Waals surface area contributed by atoms with E-state index in [0.29, 0.717) is 11.4 Å². The molecule has 0 amide bonds. The molecule has 0 unspecified atom stereocenters. The van der Waals surface area contributed by atoms with Crippen LogP contribution < -0.4 is 0 Å². The van der Waals surface area contributed by atoms with Gasteiger partial charge in [-0.05, 0) is 138 Å². The second-order valence-electron chi connectivity index (χ2n) is 21.7. The van der Waals surface area contributed by atoms with Gasteiger partial charge in [0.2, 0.25) is 0 Å². The third-order valence-corrected chi connectivity index (χ3v) is 13.7. The van der Waals surface area contributed by atoms with Crippen molar-refractivity contribution >= 4 is 11.0 Å². The number of aromatic nitrogens is 3. The predicted molar refractivity (Wildman–Crippen MR) is 293 cm³/mol. The van der Waals surface area contributed by atoms with Gasteiger partial charge in [0.05, 0.1) is 28.0 Å². The number of rotatable bonds is 10. The average Bonchev–Trinajstić information content (AvgIpc) is 3.72. The first-order valence-electron chi connectivity index (χ1n) is 25.1. The summed E-state index contributed by atoms with van der Waals surface area (Å²) in [6, 6.07) is 56.5. The molecular formula is C65H67N3O. The molecule has 0 atom stereocenters. The van der Waals surface area contributed by atoms with Crippen LogP contribution in [0.5, 0.6) is 5.75 Å². The van der Waals surface area contributed by atoms with Gasteiger partial charge in [-0.2, -0.15) is 0 Å². The standard InChI is InChI=1S/C65H67N3O/c1-40(2)43-21-23-45(24-22-43)47-31-32-66-58(38-47)51-34-49(44-17-14-13-15-18-44)33-50(35-51)55-19-16-20-59-61(55)67-63(57-37-48(41(3)4)36-56(42(5)6)62(57)69)68(59)60-39-53(65(10,11)12)29-30-54(60)46-25-27-52(28-26-46)64(7,8)9/h13-42,69H,1-12H3/i40D. The summed E-state index contributed by atoms with van der Waals surface area (Å²) in [5.41, 5.74) is 19.2. The minimum atomic E-state index is -0.678. The molecule has 4 heteroatoms. The van der Waals surface area contributed by atoms with Crippen molar-refractivity contribution in [2.24, 2.45) is 0 Å². The maximum atomic E-state index is 12.5. The number of phenols is 1. The number of hydrogen-bond donors (Lipinski definition) is 1. The van der Waals surface area contributed by atoms with Crippen LogP contribution >= 0.6 is 0 Å². The van der Waals surface area contributed by atoms with Gasteiger partial charge in [0.15, 0.2) is 0 Å². The van der Waals surface area contributed by atoms with Gasteiger partial charge >= 0.3 is 0 Å². The number of phenolic OH excluding ortho intramolecular Hbond substituents is 1. The highest BCUT2D eigenvalue weighted by Gasteiger charge is 2.27. The van der Waals surface area contributed by atoms with Crippen molar-refractivity contribution in [1.29, 1.82) is 0 Å². The minimum Gasteiger partial charge on any atom is -0.507 e. The Hall–Kier alpha value is -7.04. The van der Waals surface area contributed by atoms with Crippen molar-refractivity contribution in [3.8, 4) is 78.6 Å². The molecule has 0 bridgehead atoms. The molecule has 0 aliphatic rings. The maximum Gasteiger partial charge on any atom is 0.149 e. The van der Waals surface area contributed by atoms with Crippen molar-refractivity contribution in [3.63, 3.8) is 0 Å². The van der Waals surface area contributed by atoms with E-state index in [4.69, 9.17) is 11.3 Å². The molecule has 9 rings (SSSR count). The number of imidazole rings is 1. The zero-order chi connectivity index (χ0) is 49.9. The number of benzene rings is 7. The highest BCUT2D eigenvalue weighted by atomic mass is 16.3. The fourth-order valence-electron chi connectivity index (χ4n) is 9.45. The predicted octanol–water partition coefficient (Wildman–Crippen LogP) is 18.1. The summed E-state index contributed by atoms with van der Waals surface area (Å²) < 4.78 is 10.9. The number of fused-ring (bicyclic) bond motifs is 1. The van der Waals surface area contributed by atoms with Crippen molar-refractivity contribution in [2.45, 2.75) is 112 Å². The SMILES string of the molecule is [2H]C(C)(C)c1ccc(-c2ccnc(-c3cc(-c4ccccc4)cc(-c4cccc5c4nc(-c4cc(C(C)C)cc(C(C)C)c4O)n5-c4cc(C(C)(C)C)ccc4-c4ccc(C(C)(C)C)cc4)c3)c2)cc1. The van der Waals surface area contributed by atoms with E-state index < -0.39 is 5.89 Å². The molecule has 7 aromatic carbocycles. The van der Waals surface area contributed by atoms with Crippen LogP contribution in [0.25, 0.3) is 83.9 Å². The van der Waals surface area contributed by atoms with Gasteiger partial charge in [0.1, 0.15) is 11.6 Å². The Bertz CT molecular complexity index is 3360. The van der Waals surface area contributed by atoms with Crippen LogP contribution in [0.15, 0.2) is 164 Å². The van der Waals surface area contributed by atoms with Crippen LogP contribution in [-0.2, 0) is 10.8 Å². The van der Waals surface area contributed by atoms with E-state index in [-0.39, 0.29) is 28.4 Å². The monoisotopic (exact) mass is 907 g/mol. The third-order valence-electron chi connectivity index (χ3n) is 13.7. The average molecular weight is 907 g/mol. The molecule has 4 nitrogen and oxygen atoms in total. The van der Waals surface area contributed by atoms with Crippen molar-refractivity contribution in [1.82, 2.24) is 14.5 Å². The van der Waals surface area contributed by atoms with Crippen molar-refractivity contribution in [2.75, 3.05) is 0 Å². The fraction of sp³-hybridized carbons (Fsp3) is 0.262. The molecular weight excluding hydrogens is 839 g/mol. The Morgan fingerprint density at radius 2 is 1.13 bits per heavy atom. The van der Waals surface area contributed by atoms with Crippen molar-refractivity contribution < 1.29 is 6.48 Å². The van der Waals surface area contributed by atoms with E-state index in [1.807, 2.05) is 20.0 Å². The van der Waals surface area contributed by atoms with Crippen molar-refractivity contribution in [3.05, 3.63) is 192 Å². The largest absolute Gasteiger partial charge is 0.507 e.